The third-order valence-electron chi connectivity index (χ3n) is 0.729. The normalized spacial score (nSPS) is 10.8. The Morgan fingerprint density at radius 2 is 2.11 bits per heavy atom. The summed E-state index contributed by atoms with van der Waals surface area (Å²) in [5.41, 5.74) is 0. The first kappa shape index (κ1) is 8.67. The van der Waals surface area contributed by atoms with E-state index in [4.69, 9.17) is 4.89 Å². The first-order valence-corrected chi connectivity index (χ1v) is 4.43. The van der Waals surface area contributed by atoms with Crippen molar-refractivity contribution in [1.82, 2.24) is 0 Å². The lowest BCUT2D eigenvalue weighted by Gasteiger charge is -2.02. The van der Waals surface area contributed by atoms with Gasteiger partial charge in [-0.3, -0.25) is 4.57 Å². The molecule has 0 aromatic rings. The average molecular weight is 145 g/mol. The number of allylic oxidation sites excluding steroid dienone is 2. The Balaban J connectivity index is 3.85. The van der Waals surface area contributed by atoms with Crippen molar-refractivity contribution >= 4 is 7.37 Å². The zero-order valence-electron chi connectivity index (χ0n) is 5.16. The summed E-state index contributed by atoms with van der Waals surface area (Å²) in [5.74, 6) is 0. The average Bonchev–Trinajstić information content (AvgIpc) is 1.64. The molecule has 0 saturated carbocycles. The van der Waals surface area contributed by atoms with Gasteiger partial charge in [-0.05, 0) is 0 Å². The third-order valence-corrected chi connectivity index (χ3v) is 2.19. The minimum atomic E-state index is -3.05. The monoisotopic (exact) mass is 145 g/mol. The van der Waals surface area contributed by atoms with E-state index in [1.54, 1.807) is 0 Å². The topological polar surface area (TPSA) is 37.3 Å². The van der Waals surface area contributed by atoms with Crippen LogP contribution in [-0.2, 0) is 4.57 Å². The van der Waals surface area contributed by atoms with E-state index in [1.165, 1.54) is 18.3 Å². The summed E-state index contributed by atoms with van der Waals surface area (Å²) in [6, 6.07) is 0. The summed E-state index contributed by atoms with van der Waals surface area (Å²) < 4.78 is 10.8. The Bertz CT molecular complexity index is 137. The standard InChI is InChI=1S/C6H10O2P/c1-3-5-9(7,8)6-4-2/h3-5H,1-2,6H2,(H,7,8). The lowest BCUT2D eigenvalue weighted by atomic mass is 10.8. The van der Waals surface area contributed by atoms with Crippen LogP contribution in [0, 0.1) is 6.16 Å². The smallest absolute Gasteiger partial charge is 0.212 e. The van der Waals surface area contributed by atoms with Crippen LogP contribution in [0.4, 0.5) is 0 Å². The van der Waals surface area contributed by atoms with Crippen molar-refractivity contribution in [3.63, 3.8) is 0 Å². The molecule has 9 heavy (non-hydrogen) atoms. The molecule has 2 nitrogen and oxygen atoms in total. The molecule has 0 aromatic heterocycles. The van der Waals surface area contributed by atoms with Crippen molar-refractivity contribution in [1.29, 1.82) is 0 Å². The Labute approximate surface area is 55.4 Å². The summed E-state index contributed by atoms with van der Waals surface area (Å²) in [6.45, 7) is 6.65. The second-order valence-corrected chi connectivity index (χ2v) is 3.79. The molecule has 0 aliphatic carbocycles. The molecule has 0 bridgehead atoms. The van der Waals surface area contributed by atoms with Gasteiger partial charge in [-0.1, -0.05) is 12.2 Å². The quantitative estimate of drug-likeness (QED) is 0.483. The van der Waals surface area contributed by atoms with Gasteiger partial charge in [0.05, 0.1) is 6.16 Å². The highest BCUT2D eigenvalue weighted by Gasteiger charge is 2.12. The molecule has 0 rings (SSSR count). The van der Waals surface area contributed by atoms with Gasteiger partial charge in [-0.2, -0.15) is 0 Å². The molecule has 3 heteroatoms. The third kappa shape index (κ3) is 4.19. The van der Waals surface area contributed by atoms with E-state index < -0.39 is 7.37 Å². The largest absolute Gasteiger partial charge is 0.344 e. The summed E-state index contributed by atoms with van der Waals surface area (Å²) in [7, 11) is -3.05. The predicted molar refractivity (Wildman–Crippen MR) is 39.4 cm³/mol. The molecule has 0 saturated heterocycles. The lowest BCUT2D eigenvalue weighted by Crippen LogP contribution is -1.82. The van der Waals surface area contributed by atoms with Crippen LogP contribution in [-0.4, -0.2) is 11.1 Å². The Morgan fingerprint density at radius 1 is 1.56 bits per heavy atom. The van der Waals surface area contributed by atoms with E-state index in [0.717, 1.165) is 0 Å². The minimum Gasteiger partial charge on any atom is -0.344 e. The zero-order chi connectivity index (χ0) is 7.33. The second kappa shape index (κ2) is 3.65. The highest BCUT2D eigenvalue weighted by Crippen LogP contribution is 2.43. The molecule has 0 fully saturated rings. The van der Waals surface area contributed by atoms with Gasteiger partial charge < -0.3 is 4.89 Å². The lowest BCUT2D eigenvalue weighted by molar-refractivity contribution is 0.489. The van der Waals surface area contributed by atoms with Crippen LogP contribution in [0.15, 0.2) is 25.3 Å². The number of hydrogen-bond acceptors (Lipinski definition) is 1. The summed E-state index contributed by atoms with van der Waals surface area (Å²) >= 11 is 0. The molecular weight excluding hydrogens is 135 g/mol. The minimum absolute atomic E-state index is 0.124. The molecule has 1 unspecified atom stereocenters. The Morgan fingerprint density at radius 3 is 2.44 bits per heavy atom. The molecule has 1 N–H and O–H groups in total. The van der Waals surface area contributed by atoms with E-state index in [-0.39, 0.29) is 6.16 Å². The summed E-state index contributed by atoms with van der Waals surface area (Å²) in [5, 5.41) is 0. The van der Waals surface area contributed by atoms with Crippen molar-refractivity contribution in [3.8, 4) is 0 Å². The van der Waals surface area contributed by atoms with Crippen LogP contribution in [0.25, 0.3) is 0 Å². The van der Waals surface area contributed by atoms with Gasteiger partial charge in [-0.15, -0.1) is 13.2 Å². The van der Waals surface area contributed by atoms with Crippen molar-refractivity contribution in [2.45, 2.75) is 0 Å². The van der Waals surface area contributed by atoms with Crippen LogP contribution in [0.1, 0.15) is 0 Å². The zero-order valence-corrected chi connectivity index (χ0v) is 6.05. The maximum absolute atomic E-state index is 10.8. The fraction of sp³-hybridized carbons (Fsp3) is 0.167. The molecule has 1 radical (unpaired) electrons. The first-order valence-electron chi connectivity index (χ1n) is 2.52. The maximum atomic E-state index is 10.8. The fourth-order valence-corrected chi connectivity index (χ4v) is 1.23. The Kier molecular flexibility index (Phi) is 3.52. The molecule has 0 aromatic carbocycles. The van der Waals surface area contributed by atoms with Crippen molar-refractivity contribution in [2.75, 3.05) is 6.16 Å². The molecule has 0 amide bonds. The van der Waals surface area contributed by atoms with E-state index in [0.29, 0.717) is 0 Å². The highest BCUT2D eigenvalue weighted by atomic mass is 31.2. The van der Waals surface area contributed by atoms with Crippen LogP contribution in [0.2, 0.25) is 0 Å². The van der Waals surface area contributed by atoms with Gasteiger partial charge in [0, 0.05) is 6.16 Å². The van der Waals surface area contributed by atoms with Gasteiger partial charge in [0.25, 0.3) is 0 Å². The van der Waals surface area contributed by atoms with Gasteiger partial charge in [-0.25, -0.2) is 0 Å². The van der Waals surface area contributed by atoms with Crippen LogP contribution in [0.3, 0.4) is 0 Å². The van der Waals surface area contributed by atoms with Gasteiger partial charge >= 0.3 is 0 Å². The predicted octanol–water partition coefficient (Wildman–Crippen LogP) is 1.79. The molecule has 0 aliphatic rings. The molecule has 0 heterocycles. The van der Waals surface area contributed by atoms with Crippen molar-refractivity contribution in [2.24, 2.45) is 0 Å². The number of rotatable bonds is 4. The van der Waals surface area contributed by atoms with Crippen LogP contribution >= 0.6 is 7.37 Å². The van der Waals surface area contributed by atoms with Crippen molar-refractivity contribution < 1.29 is 9.46 Å². The van der Waals surface area contributed by atoms with E-state index in [9.17, 15) is 4.57 Å². The summed E-state index contributed by atoms with van der Waals surface area (Å²) in [6.07, 6.45) is 4.07. The summed E-state index contributed by atoms with van der Waals surface area (Å²) in [4.78, 5) is 8.87. The van der Waals surface area contributed by atoms with Gasteiger partial charge in [0.15, 0.2) is 0 Å². The van der Waals surface area contributed by atoms with E-state index >= 15 is 0 Å². The molecule has 0 spiro atoms. The van der Waals surface area contributed by atoms with Crippen LogP contribution < -0.4 is 0 Å². The number of hydrogen-bond donors (Lipinski definition) is 1. The first-order chi connectivity index (χ1) is 4.12. The fourth-order valence-electron chi connectivity index (χ4n) is 0.411. The second-order valence-electron chi connectivity index (χ2n) is 1.61. The van der Waals surface area contributed by atoms with E-state index in [1.807, 2.05) is 0 Å². The highest BCUT2D eigenvalue weighted by molar-refractivity contribution is 7.60. The van der Waals surface area contributed by atoms with E-state index in [2.05, 4.69) is 13.2 Å². The SMILES string of the molecule is C=C[CH]P(=O)(O)CC=C. The maximum Gasteiger partial charge on any atom is 0.212 e. The van der Waals surface area contributed by atoms with Crippen LogP contribution in [0.5, 0.6) is 0 Å². The van der Waals surface area contributed by atoms with Crippen molar-refractivity contribution in [3.05, 3.63) is 31.5 Å². The molecule has 51 valence electrons. The molecular formula is C6H10O2P. The molecule has 1 atom stereocenters. The van der Waals surface area contributed by atoms with Gasteiger partial charge in [0.1, 0.15) is 0 Å². The van der Waals surface area contributed by atoms with Gasteiger partial charge in [0.2, 0.25) is 7.37 Å². The Hall–Kier alpha value is -0.330. The molecule has 0 aliphatic heterocycles.